The van der Waals surface area contributed by atoms with Crippen LogP contribution in [0.1, 0.15) is 64.7 Å². The van der Waals surface area contributed by atoms with Crippen LogP contribution in [0.15, 0.2) is 12.2 Å². The van der Waals surface area contributed by atoms with E-state index >= 15 is 0 Å². The molecule has 0 saturated carbocycles. The zero-order valence-corrected chi connectivity index (χ0v) is 20.6. The summed E-state index contributed by atoms with van der Waals surface area (Å²) in [5, 5.41) is 8.57. The molecule has 0 aliphatic rings. The van der Waals surface area contributed by atoms with Crippen molar-refractivity contribution < 1.29 is 62.0 Å². The maximum atomic E-state index is 11.9. The van der Waals surface area contributed by atoms with Gasteiger partial charge in [0.05, 0.1) is 15.9 Å². The summed E-state index contributed by atoms with van der Waals surface area (Å²) in [5.74, 6) is -2.63. The molecule has 0 fully saturated rings. The van der Waals surface area contributed by atoms with Gasteiger partial charge in [0.15, 0.2) is 0 Å². The Labute approximate surface area is 197 Å². The molecule has 10 heteroatoms. The Morgan fingerprint density at radius 2 is 1.48 bits per heavy atom. The van der Waals surface area contributed by atoms with Crippen molar-refractivity contribution in [3.63, 3.8) is 0 Å². The summed E-state index contributed by atoms with van der Waals surface area (Å²) in [7, 11) is -4.46. The molecule has 29 heavy (non-hydrogen) atoms. The summed E-state index contributed by atoms with van der Waals surface area (Å²) in [6, 6.07) is 0. The summed E-state index contributed by atoms with van der Waals surface area (Å²) in [4.78, 5) is 23.6. The van der Waals surface area contributed by atoms with Crippen LogP contribution in [0, 0.1) is 0 Å². The number of carboxylic acids is 1. The fourth-order valence-corrected chi connectivity index (χ4v) is 3.04. The fourth-order valence-electron chi connectivity index (χ4n) is 2.60. The van der Waals surface area contributed by atoms with Crippen LogP contribution in [0.4, 0.5) is 0 Å². The predicted octanol–water partition coefficient (Wildman–Crippen LogP) is -0.448. The number of hydrogen-bond donors (Lipinski definition) is 1. The molecule has 0 atom stereocenters. The average Bonchev–Trinajstić information content (AvgIpc) is 2.62. The molecule has 1 amide bonds. The van der Waals surface area contributed by atoms with Crippen molar-refractivity contribution >= 4 is 22.0 Å². The van der Waals surface area contributed by atoms with Gasteiger partial charge in [0.2, 0.25) is 5.91 Å². The number of ether oxygens (including phenoxy) is 1. The van der Waals surface area contributed by atoms with Gasteiger partial charge in [-0.25, -0.2) is 13.2 Å². The molecule has 0 aliphatic heterocycles. The van der Waals surface area contributed by atoms with Gasteiger partial charge in [0.25, 0.3) is 0 Å². The molecule has 0 aromatic carbocycles. The Morgan fingerprint density at radius 3 is 2.03 bits per heavy atom. The number of nitrogens with zero attached hydrogens (tertiary/aromatic N) is 1. The Bertz CT molecular complexity index is 567. The monoisotopic (exact) mass is 443 g/mol. The zero-order chi connectivity index (χ0) is 21.3. The van der Waals surface area contributed by atoms with Gasteiger partial charge in [-0.2, -0.15) is 0 Å². The second-order valence-electron chi connectivity index (χ2n) is 6.70. The molecule has 0 heterocycles. The number of carbonyl (C=O) groups excluding carboxylic acids is 1. The van der Waals surface area contributed by atoms with Gasteiger partial charge in [-0.3, -0.25) is 4.79 Å². The molecular formula is C19H34NNaO7S. The van der Waals surface area contributed by atoms with E-state index in [0.717, 1.165) is 23.8 Å². The molecule has 0 spiro atoms. The second-order valence-corrected chi connectivity index (χ2v) is 8.22. The molecule has 0 bridgehead atoms. The maximum Gasteiger partial charge on any atom is 1.00 e. The van der Waals surface area contributed by atoms with Crippen LogP contribution < -0.4 is 29.6 Å². The third kappa shape index (κ3) is 22.1. The standard InChI is InChI=1S/C19H35NO7S.Na/c1-2-3-4-5-6-7-8-9-15-27-16-10-13-20(14-17-28(24,25)26)18(21)11-12-19(22)23;/h11-12H,2-10,13-17H2,1H3,(H,22,23)(H,24,25,26);/q;+1/p-1/b12-11+;. The van der Waals surface area contributed by atoms with E-state index in [0.29, 0.717) is 25.7 Å². The topological polar surface area (TPSA) is 124 Å². The van der Waals surface area contributed by atoms with E-state index in [1.807, 2.05) is 0 Å². The number of carbonyl (C=O) groups is 2. The molecule has 0 aliphatic carbocycles. The minimum absolute atomic E-state index is 0. The van der Waals surface area contributed by atoms with Crippen LogP contribution in [-0.2, 0) is 24.4 Å². The van der Waals surface area contributed by atoms with E-state index in [2.05, 4.69) is 6.92 Å². The zero-order valence-electron chi connectivity index (χ0n) is 17.8. The Kier molecular flexibility index (Phi) is 20.7. The van der Waals surface area contributed by atoms with Gasteiger partial charge < -0.3 is 19.3 Å². The van der Waals surface area contributed by atoms with Crippen LogP contribution in [0.3, 0.4) is 0 Å². The molecule has 0 aromatic heterocycles. The average molecular weight is 444 g/mol. The molecule has 0 radical (unpaired) electrons. The van der Waals surface area contributed by atoms with Gasteiger partial charge in [-0.1, -0.05) is 51.9 Å². The van der Waals surface area contributed by atoms with Gasteiger partial charge in [-0.05, 0) is 12.8 Å². The molecular weight excluding hydrogens is 409 g/mol. The van der Waals surface area contributed by atoms with Gasteiger partial charge in [0.1, 0.15) is 0 Å². The van der Waals surface area contributed by atoms with Gasteiger partial charge in [0, 0.05) is 38.5 Å². The quantitative estimate of drug-likeness (QED) is 0.132. The number of rotatable bonds is 18. The largest absolute Gasteiger partial charge is 1.00 e. The third-order valence-corrected chi connectivity index (χ3v) is 4.83. The molecule has 0 unspecified atom stereocenters. The van der Waals surface area contributed by atoms with Crippen LogP contribution in [0.25, 0.3) is 0 Å². The van der Waals surface area contributed by atoms with Crippen molar-refractivity contribution in [2.75, 3.05) is 32.1 Å². The first-order valence-electron chi connectivity index (χ1n) is 9.97. The maximum absolute atomic E-state index is 11.9. The number of amides is 1. The minimum atomic E-state index is -4.46. The van der Waals surface area contributed by atoms with E-state index in [1.165, 1.54) is 38.5 Å². The normalized spacial score (nSPS) is 11.4. The van der Waals surface area contributed by atoms with Crippen molar-refractivity contribution in [3.8, 4) is 0 Å². The smallest absolute Gasteiger partial charge is 0.748 e. The summed E-state index contributed by atoms with van der Waals surface area (Å²) in [6.45, 7) is 3.16. The van der Waals surface area contributed by atoms with E-state index in [9.17, 15) is 22.6 Å². The summed E-state index contributed by atoms with van der Waals surface area (Å²) < 4.78 is 37.8. The molecule has 0 aromatic rings. The number of aliphatic carboxylic acids is 1. The Hall–Kier alpha value is -0.450. The van der Waals surface area contributed by atoms with E-state index in [-0.39, 0.29) is 42.6 Å². The SMILES string of the molecule is CCCCCCCCCCOCCCN(CCS(=O)(=O)[O-])C(=O)/C=C/C(=O)O.[Na+]. The van der Waals surface area contributed by atoms with E-state index in [4.69, 9.17) is 9.84 Å². The molecule has 164 valence electrons. The van der Waals surface area contributed by atoms with Crippen molar-refractivity contribution in [3.05, 3.63) is 12.2 Å². The van der Waals surface area contributed by atoms with Gasteiger partial charge in [-0.15, -0.1) is 0 Å². The van der Waals surface area contributed by atoms with Crippen molar-refractivity contribution in [2.24, 2.45) is 0 Å². The molecule has 0 saturated heterocycles. The number of carboxylic acid groups (broad SMARTS) is 1. The molecule has 8 nitrogen and oxygen atoms in total. The minimum Gasteiger partial charge on any atom is -0.748 e. The number of hydrogen-bond acceptors (Lipinski definition) is 6. The van der Waals surface area contributed by atoms with E-state index < -0.39 is 27.7 Å². The summed E-state index contributed by atoms with van der Waals surface area (Å²) >= 11 is 0. The van der Waals surface area contributed by atoms with Crippen molar-refractivity contribution in [1.82, 2.24) is 4.90 Å². The fraction of sp³-hybridized carbons (Fsp3) is 0.789. The van der Waals surface area contributed by atoms with Crippen LogP contribution >= 0.6 is 0 Å². The van der Waals surface area contributed by atoms with Crippen molar-refractivity contribution in [1.29, 1.82) is 0 Å². The first kappa shape index (κ1) is 30.7. The second kappa shape index (κ2) is 19.5. The van der Waals surface area contributed by atoms with Crippen molar-refractivity contribution in [2.45, 2.75) is 64.7 Å². The predicted molar refractivity (Wildman–Crippen MR) is 106 cm³/mol. The van der Waals surface area contributed by atoms with Crippen LogP contribution in [0.2, 0.25) is 0 Å². The van der Waals surface area contributed by atoms with Crippen LogP contribution in [0.5, 0.6) is 0 Å². The first-order chi connectivity index (χ1) is 13.3. The molecule has 0 rings (SSSR count). The van der Waals surface area contributed by atoms with Gasteiger partial charge >= 0.3 is 35.5 Å². The Balaban J connectivity index is 0. The first-order valence-corrected chi connectivity index (χ1v) is 11.5. The molecule has 1 N–H and O–H groups in total. The summed E-state index contributed by atoms with van der Waals surface area (Å²) in [5.41, 5.74) is 0. The number of unbranched alkanes of at least 4 members (excludes halogenated alkanes) is 7. The summed E-state index contributed by atoms with van der Waals surface area (Å²) in [6.07, 6.45) is 11.7. The Morgan fingerprint density at radius 1 is 0.931 bits per heavy atom. The van der Waals surface area contributed by atoms with Crippen LogP contribution in [-0.4, -0.2) is 66.9 Å². The van der Waals surface area contributed by atoms with E-state index in [1.54, 1.807) is 0 Å². The third-order valence-electron chi connectivity index (χ3n) is 4.15.